The number of hydrogen-bond donors (Lipinski definition) is 2. The molecule has 7 nitrogen and oxygen atoms in total. The van der Waals surface area contributed by atoms with Gasteiger partial charge in [0, 0.05) is 4.47 Å². The first-order valence-corrected chi connectivity index (χ1v) is 9.33. The number of hydrogen-bond acceptors (Lipinski definition) is 7. The predicted molar refractivity (Wildman–Crippen MR) is 102 cm³/mol. The summed E-state index contributed by atoms with van der Waals surface area (Å²) in [4.78, 5) is 22.1. The van der Waals surface area contributed by atoms with E-state index in [-0.39, 0.29) is 29.8 Å². The number of benzene rings is 1. The minimum atomic E-state index is -0.761. The molecule has 0 aromatic heterocycles. The van der Waals surface area contributed by atoms with Crippen molar-refractivity contribution in [3.05, 3.63) is 28.0 Å². The molecule has 0 amide bonds. The number of anilines is 1. The topological polar surface area (TPSA) is 106 Å². The Bertz CT molecular complexity index is 766. The van der Waals surface area contributed by atoms with Gasteiger partial charge in [0.25, 0.3) is 0 Å². The Hall–Kier alpha value is -2.16. The number of rotatable bonds is 3. The van der Waals surface area contributed by atoms with Gasteiger partial charge in [0.1, 0.15) is 11.5 Å². The second kappa shape index (κ2) is 7.22. The van der Waals surface area contributed by atoms with Crippen LogP contribution < -0.4 is 16.4 Å². The molecule has 9 heteroatoms. The first-order valence-electron chi connectivity index (χ1n) is 8.54. The fourth-order valence-corrected chi connectivity index (χ4v) is 4.17. The van der Waals surface area contributed by atoms with E-state index in [9.17, 15) is 4.79 Å². The zero-order chi connectivity index (χ0) is 18.9. The van der Waals surface area contributed by atoms with Gasteiger partial charge in [-0.3, -0.25) is 4.90 Å². The minimum Gasteiger partial charge on any atom is -0.462 e. The Morgan fingerprint density at radius 1 is 1.35 bits per heavy atom. The molecule has 1 heterocycles. The maximum absolute atomic E-state index is 15.0. The summed E-state index contributed by atoms with van der Waals surface area (Å²) < 4.78 is 20.4. The Kier molecular flexibility index (Phi) is 5.17. The van der Waals surface area contributed by atoms with E-state index in [0.717, 1.165) is 25.3 Å². The van der Waals surface area contributed by atoms with Crippen LogP contribution in [0.4, 0.5) is 10.1 Å². The van der Waals surface area contributed by atoms with Gasteiger partial charge in [0.05, 0.1) is 17.9 Å². The third kappa shape index (κ3) is 3.27. The van der Waals surface area contributed by atoms with Crippen molar-refractivity contribution in [2.24, 2.45) is 21.5 Å². The fourth-order valence-electron chi connectivity index (χ4n) is 3.56. The molecule has 0 atom stereocenters. The molecular weight excluding hydrogens is 405 g/mol. The van der Waals surface area contributed by atoms with Crippen molar-refractivity contribution in [2.45, 2.75) is 44.7 Å². The van der Waals surface area contributed by atoms with Gasteiger partial charge in [-0.2, -0.15) is 4.99 Å². The third-order valence-corrected chi connectivity index (χ3v) is 5.21. The zero-order valence-electron chi connectivity index (χ0n) is 14.5. The second-order valence-corrected chi connectivity index (χ2v) is 7.18. The number of aliphatic imine (C=N–C) groups is 2. The number of nitrogens with two attached hydrogens (primary N) is 2. The van der Waals surface area contributed by atoms with Gasteiger partial charge in [-0.25, -0.2) is 14.2 Å². The lowest BCUT2D eigenvalue weighted by Gasteiger charge is -2.45. The van der Waals surface area contributed by atoms with Crippen molar-refractivity contribution in [3.8, 4) is 0 Å². The van der Waals surface area contributed by atoms with Crippen molar-refractivity contribution in [1.82, 2.24) is 0 Å². The van der Waals surface area contributed by atoms with Crippen LogP contribution >= 0.6 is 15.9 Å². The largest absolute Gasteiger partial charge is 0.462 e. The summed E-state index contributed by atoms with van der Waals surface area (Å²) in [6.07, 6.45) is 4.32. The lowest BCUT2D eigenvalue weighted by Crippen LogP contribution is -2.58. The van der Waals surface area contributed by atoms with E-state index < -0.39 is 17.4 Å². The molecule has 2 aliphatic rings. The van der Waals surface area contributed by atoms with Crippen LogP contribution in [-0.2, 0) is 4.74 Å². The molecule has 1 fully saturated rings. The number of halogens is 2. The quantitative estimate of drug-likeness (QED) is 0.723. The highest BCUT2D eigenvalue weighted by atomic mass is 79.9. The SMILES string of the molecule is CCOC(=O)c1cc(F)c(N2C(N)=NC(N)=NC23CCCCC3)c(Br)c1. The third-order valence-electron chi connectivity index (χ3n) is 4.60. The Labute approximate surface area is 159 Å². The van der Waals surface area contributed by atoms with Crippen molar-refractivity contribution >= 4 is 39.5 Å². The van der Waals surface area contributed by atoms with Crippen LogP contribution in [0.1, 0.15) is 49.4 Å². The van der Waals surface area contributed by atoms with E-state index >= 15 is 4.39 Å². The summed E-state index contributed by atoms with van der Waals surface area (Å²) in [7, 11) is 0. The van der Waals surface area contributed by atoms with Crippen LogP contribution in [0.15, 0.2) is 26.6 Å². The molecule has 0 radical (unpaired) electrons. The van der Waals surface area contributed by atoms with Crippen molar-refractivity contribution in [1.29, 1.82) is 0 Å². The van der Waals surface area contributed by atoms with Crippen LogP contribution in [0.25, 0.3) is 0 Å². The van der Waals surface area contributed by atoms with Crippen LogP contribution in [0.5, 0.6) is 0 Å². The summed E-state index contributed by atoms with van der Waals surface area (Å²) in [5.41, 5.74) is 11.5. The maximum atomic E-state index is 15.0. The molecule has 140 valence electrons. The lowest BCUT2D eigenvalue weighted by molar-refractivity contribution is 0.0525. The molecule has 1 spiro atoms. The normalized spacial score (nSPS) is 19.1. The van der Waals surface area contributed by atoms with E-state index in [1.165, 1.54) is 6.07 Å². The van der Waals surface area contributed by atoms with Gasteiger partial charge in [-0.05, 0) is 60.7 Å². The van der Waals surface area contributed by atoms with E-state index in [2.05, 4.69) is 25.9 Å². The number of carbonyl (C=O) groups is 1. The number of guanidine groups is 2. The summed E-state index contributed by atoms with van der Waals surface area (Å²) in [5.74, 6) is -1.02. The molecule has 4 N–H and O–H groups in total. The van der Waals surface area contributed by atoms with Crippen molar-refractivity contribution < 1.29 is 13.9 Å². The molecule has 0 unspecified atom stereocenters. The van der Waals surface area contributed by atoms with Gasteiger partial charge in [0.2, 0.25) is 11.9 Å². The Balaban J connectivity index is 2.09. The van der Waals surface area contributed by atoms with Gasteiger partial charge in [-0.1, -0.05) is 6.42 Å². The number of carbonyl (C=O) groups excluding carboxylic acids is 1. The maximum Gasteiger partial charge on any atom is 0.338 e. The summed E-state index contributed by atoms with van der Waals surface area (Å²) in [6, 6.07) is 2.66. The highest BCUT2D eigenvalue weighted by Crippen LogP contribution is 2.43. The van der Waals surface area contributed by atoms with Gasteiger partial charge < -0.3 is 16.2 Å². The highest BCUT2D eigenvalue weighted by Gasteiger charge is 2.44. The summed E-state index contributed by atoms with van der Waals surface area (Å²) >= 11 is 3.37. The van der Waals surface area contributed by atoms with E-state index in [1.807, 2.05) is 0 Å². The standard InChI is InChI=1S/C17H21BrFN5O2/c1-2-26-14(25)10-8-11(18)13(12(19)9-10)24-16(21)22-15(20)23-17(24)6-4-3-5-7-17/h8-9H,2-7H2,1H3,(H4,20,21,22,23). The Morgan fingerprint density at radius 2 is 2.04 bits per heavy atom. The van der Waals surface area contributed by atoms with Crippen LogP contribution in [0.3, 0.4) is 0 Å². The van der Waals surface area contributed by atoms with Gasteiger partial charge in [-0.15, -0.1) is 0 Å². The van der Waals surface area contributed by atoms with Crippen LogP contribution in [-0.4, -0.2) is 30.2 Å². The molecule has 1 aliphatic heterocycles. The monoisotopic (exact) mass is 425 g/mol. The molecule has 1 aromatic carbocycles. The number of ether oxygens (including phenoxy) is 1. The smallest absolute Gasteiger partial charge is 0.338 e. The van der Waals surface area contributed by atoms with Gasteiger partial charge >= 0.3 is 5.97 Å². The molecular formula is C17H21BrFN5O2. The molecule has 26 heavy (non-hydrogen) atoms. The summed E-state index contributed by atoms with van der Waals surface area (Å²) in [6.45, 7) is 1.90. The molecule has 1 saturated carbocycles. The van der Waals surface area contributed by atoms with E-state index in [0.29, 0.717) is 17.3 Å². The van der Waals surface area contributed by atoms with Crippen molar-refractivity contribution in [3.63, 3.8) is 0 Å². The van der Waals surface area contributed by atoms with Crippen LogP contribution in [0.2, 0.25) is 0 Å². The summed E-state index contributed by atoms with van der Waals surface area (Å²) in [5, 5.41) is 0. The first kappa shape index (κ1) is 18.6. The second-order valence-electron chi connectivity index (χ2n) is 6.33. The molecule has 1 aromatic rings. The number of esters is 1. The van der Waals surface area contributed by atoms with Gasteiger partial charge in [0.15, 0.2) is 0 Å². The zero-order valence-corrected chi connectivity index (χ0v) is 16.1. The molecule has 1 aliphatic carbocycles. The van der Waals surface area contributed by atoms with E-state index in [4.69, 9.17) is 16.2 Å². The molecule has 0 saturated heterocycles. The molecule has 3 rings (SSSR count). The number of nitrogens with zero attached hydrogens (tertiary/aromatic N) is 3. The average Bonchev–Trinajstić information content (AvgIpc) is 2.57. The minimum absolute atomic E-state index is 0.0860. The highest BCUT2D eigenvalue weighted by molar-refractivity contribution is 9.10. The van der Waals surface area contributed by atoms with E-state index in [1.54, 1.807) is 11.8 Å². The fraction of sp³-hybridized carbons (Fsp3) is 0.471. The predicted octanol–water partition coefficient (Wildman–Crippen LogP) is 2.87. The molecule has 0 bridgehead atoms. The lowest BCUT2D eigenvalue weighted by atomic mass is 9.87. The average molecular weight is 426 g/mol. The first-order chi connectivity index (χ1) is 12.4. The van der Waals surface area contributed by atoms with Crippen molar-refractivity contribution in [2.75, 3.05) is 11.5 Å². The van der Waals surface area contributed by atoms with Crippen LogP contribution in [0, 0.1) is 5.82 Å². The Morgan fingerprint density at radius 3 is 2.65 bits per heavy atom.